The Morgan fingerprint density at radius 2 is 0.667 bits per heavy atom. The van der Waals surface area contributed by atoms with E-state index in [0.29, 0.717) is 25.9 Å². The summed E-state index contributed by atoms with van der Waals surface area (Å²) in [7, 11) is 0. The van der Waals surface area contributed by atoms with Crippen molar-refractivity contribution in [3.63, 3.8) is 0 Å². The molecule has 1 amide bonds. The summed E-state index contributed by atoms with van der Waals surface area (Å²) >= 11 is 0. The number of amides is 1. The second-order valence-corrected chi connectivity index (χ2v) is 23.1. The molecule has 0 saturated carbocycles. The highest BCUT2D eigenvalue weighted by atomic mass is 16.5. The maximum atomic E-state index is 12.5. The molecule has 0 aromatic rings. The molecule has 0 fully saturated rings. The number of rotatable bonds is 63. The summed E-state index contributed by atoms with van der Waals surface area (Å²) < 4.78 is 5.48. The molecule has 0 aliphatic heterocycles. The van der Waals surface area contributed by atoms with Crippen LogP contribution < -0.4 is 5.32 Å². The topological polar surface area (TPSA) is 95.9 Å². The van der Waals surface area contributed by atoms with Gasteiger partial charge < -0.3 is 20.3 Å². The van der Waals surface area contributed by atoms with E-state index in [-0.39, 0.29) is 18.5 Å². The molecule has 2 atom stereocenters. The molecule has 0 saturated heterocycles. The standard InChI is InChI=1S/C69H131NO5/c1-3-5-7-9-11-13-15-17-19-21-22-23-24-25-26-27-28-30-33-37-41-45-49-53-57-61-67(72)66(65-71)70-68(73)62-58-54-50-46-42-38-34-31-32-36-40-44-48-52-56-60-64-75-69(74)63-59-55-51-47-43-39-35-29-20-18-16-14-12-10-8-6-4-2/h12,14,18,20,31,34,66-67,71-72H,3-11,13,15-17,19,21-30,32-33,35-65H2,1-2H3,(H,70,73)/b14-12-,20-18-,34-31-. The minimum atomic E-state index is -0.677. The minimum Gasteiger partial charge on any atom is -0.466 e. The molecular weight excluding hydrogens is 923 g/mol. The fourth-order valence-electron chi connectivity index (χ4n) is 10.5. The second-order valence-electron chi connectivity index (χ2n) is 23.1. The van der Waals surface area contributed by atoms with Crippen molar-refractivity contribution in [3.05, 3.63) is 36.5 Å². The van der Waals surface area contributed by atoms with Gasteiger partial charge in [0, 0.05) is 12.8 Å². The van der Waals surface area contributed by atoms with Crippen molar-refractivity contribution < 1.29 is 24.5 Å². The molecule has 0 aliphatic carbocycles. The number of esters is 1. The molecule has 6 nitrogen and oxygen atoms in total. The molecule has 0 heterocycles. The fourth-order valence-corrected chi connectivity index (χ4v) is 10.5. The van der Waals surface area contributed by atoms with E-state index in [2.05, 4.69) is 55.6 Å². The third-order valence-corrected chi connectivity index (χ3v) is 15.7. The van der Waals surface area contributed by atoms with Gasteiger partial charge in [-0.05, 0) is 83.5 Å². The number of carbonyl (C=O) groups is 2. The van der Waals surface area contributed by atoms with Crippen molar-refractivity contribution in [2.75, 3.05) is 13.2 Å². The molecule has 3 N–H and O–H groups in total. The van der Waals surface area contributed by atoms with Crippen LogP contribution in [0.5, 0.6) is 0 Å². The lowest BCUT2D eigenvalue weighted by Crippen LogP contribution is -2.45. The summed E-state index contributed by atoms with van der Waals surface area (Å²) in [5.41, 5.74) is 0. The molecule has 2 unspecified atom stereocenters. The van der Waals surface area contributed by atoms with E-state index in [1.807, 2.05) is 0 Å². The van der Waals surface area contributed by atoms with E-state index in [0.717, 1.165) is 70.6 Å². The van der Waals surface area contributed by atoms with Crippen LogP contribution in [0.3, 0.4) is 0 Å². The third-order valence-electron chi connectivity index (χ3n) is 15.7. The smallest absolute Gasteiger partial charge is 0.305 e. The number of hydrogen-bond acceptors (Lipinski definition) is 5. The average Bonchev–Trinajstić information content (AvgIpc) is 3.41. The van der Waals surface area contributed by atoms with Crippen LogP contribution in [0.1, 0.15) is 367 Å². The number of aliphatic hydroxyl groups is 2. The molecular formula is C69H131NO5. The molecule has 0 spiro atoms. The second kappa shape index (κ2) is 64.6. The van der Waals surface area contributed by atoms with Crippen LogP contribution in [0.25, 0.3) is 0 Å². The summed E-state index contributed by atoms with van der Waals surface area (Å²) in [4.78, 5) is 24.6. The lowest BCUT2D eigenvalue weighted by molar-refractivity contribution is -0.143. The summed E-state index contributed by atoms with van der Waals surface area (Å²) in [5.74, 6) is -0.0584. The molecule has 0 bridgehead atoms. The first-order valence-corrected chi connectivity index (χ1v) is 33.7. The van der Waals surface area contributed by atoms with Gasteiger partial charge in [0.15, 0.2) is 0 Å². The number of unbranched alkanes of at least 4 members (excludes halogenated alkanes) is 46. The monoisotopic (exact) mass is 1050 g/mol. The van der Waals surface area contributed by atoms with Gasteiger partial charge in [0.1, 0.15) is 0 Å². The van der Waals surface area contributed by atoms with Gasteiger partial charge in [-0.25, -0.2) is 0 Å². The Hall–Kier alpha value is -1.92. The first kappa shape index (κ1) is 73.1. The van der Waals surface area contributed by atoms with Crippen LogP contribution >= 0.6 is 0 Å². The summed E-state index contributed by atoms with van der Waals surface area (Å²) in [6, 6.07) is -0.556. The lowest BCUT2D eigenvalue weighted by Gasteiger charge is -2.22. The Balaban J connectivity index is 3.45. The largest absolute Gasteiger partial charge is 0.466 e. The number of aliphatic hydroxyl groups excluding tert-OH is 2. The molecule has 442 valence electrons. The van der Waals surface area contributed by atoms with Gasteiger partial charge in [0.2, 0.25) is 5.91 Å². The number of allylic oxidation sites excluding steroid dienone is 6. The SMILES string of the molecule is CCCCC/C=C\C/C=C\CCCCCCCCCC(=O)OCCCCCCCCC/C=C\CCCCCCCC(=O)NC(CO)C(O)CCCCCCCCCCCCCCCCCCCCCCCCCCC. The lowest BCUT2D eigenvalue weighted by atomic mass is 10.0. The minimum absolute atomic E-state index is 0.00974. The highest BCUT2D eigenvalue weighted by Gasteiger charge is 2.20. The first-order valence-electron chi connectivity index (χ1n) is 33.7. The Morgan fingerprint density at radius 3 is 1.05 bits per heavy atom. The van der Waals surface area contributed by atoms with Crippen LogP contribution in [0, 0.1) is 0 Å². The zero-order valence-electron chi connectivity index (χ0n) is 50.5. The van der Waals surface area contributed by atoms with Crippen molar-refractivity contribution >= 4 is 11.9 Å². The Morgan fingerprint density at radius 1 is 0.373 bits per heavy atom. The predicted octanol–water partition coefficient (Wildman–Crippen LogP) is 21.5. The summed E-state index contributed by atoms with van der Waals surface area (Å²) in [6.45, 7) is 4.93. The maximum absolute atomic E-state index is 12.5. The highest BCUT2D eigenvalue weighted by Crippen LogP contribution is 2.18. The van der Waals surface area contributed by atoms with Crippen LogP contribution in [-0.2, 0) is 14.3 Å². The van der Waals surface area contributed by atoms with Gasteiger partial charge in [0.05, 0.1) is 25.4 Å². The molecule has 0 aromatic heterocycles. The molecule has 0 aliphatic rings. The summed E-state index contributed by atoms with van der Waals surface area (Å²) in [6.07, 6.45) is 81.7. The van der Waals surface area contributed by atoms with Gasteiger partial charge in [0.25, 0.3) is 0 Å². The van der Waals surface area contributed by atoms with Gasteiger partial charge in [-0.2, -0.15) is 0 Å². The van der Waals surface area contributed by atoms with Crippen molar-refractivity contribution in [1.82, 2.24) is 5.32 Å². The summed E-state index contributed by atoms with van der Waals surface area (Å²) in [5, 5.41) is 23.4. The van der Waals surface area contributed by atoms with Gasteiger partial charge in [-0.3, -0.25) is 9.59 Å². The Labute approximate surface area is 468 Å². The van der Waals surface area contributed by atoms with E-state index in [1.165, 1.54) is 263 Å². The van der Waals surface area contributed by atoms with Crippen LogP contribution in [-0.4, -0.2) is 47.4 Å². The molecule has 0 rings (SSSR count). The van der Waals surface area contributed by atoms with E-state index < -0.39 is 12.1 Å². The van der Waals surface area contributed by atoms with Crippen molar-refractivity contribution in [3.8, 4) is 0 Å². The Kier molecular flexibility index (Phi) is 63.0. The predicted molar refractivity (Wildman–Crippen MR) is 329 cm³/mol. The van der Waals surface area contributed by atoms with E-state index in [4.69, 9.17) is 4.74 Å². The van der Waals surface area contributed by atoms with Gasteiger partial charge in [-0.1, -0.05) is 307 Å². The van der Waals surface area contributed by atoms with Gasteiger partial charge >= 0.3 is 5.97 Å². The molecule has 0 aromatic carbocycles. The van der Waals surface area contributed by atoms with Crippen LogP contribution in [0.15, 0.2) is 36.5 Å². The van der Waals surface area contributed by atoms with E-state index in [1.54, 1.807) is 0 Å². The van der Waals surface area contributed by atoms with E-state index in [9.17, 15) is 19.8 Å². The fraction of sp³-hybridized carbons (Fsp3) is 0.884. The maximum Gasteiger partial charge on any atom is 0.305 e. The first-order chi connectivity index (χ1) is 37.0. The van der Waals surface area contributed by atoms with Crippen LogP contribution in [0.4, 0.5) is 0 Å². The third kappa shape index (κ3) is 61.2. The van der Waals surface area contributed by atoms with E-state index >= 15 is 0 Å². The van der Waals surface area contributed by atoms with Crippen molar-refractivity contribution in [2.45, 2.75) is 379 Å². The molecule has 0 radical (unpaired) electrons. The van der Waals surface area contributed by atoms with Gasteiger partial charge in [-0.15, -0.1) is 0 Å². The van der Waals surface area contributed by atoms with Crippen molar-refractivity contribution in [2.24, 2.45) is 0 Å². The number of ether oxygens (including phenoxy) is 1. The average molecular weight is 1050 g/mol. The number of nitrogens with one attached hydrogen (secondary N) is 1. The number of hydrogen-bond donors (Lipinski definition) is 3. The van der Waals surface area contributed by atoms with Crippen LogP contribution in [0.2, 0.25) is 0 Å². The molecule has 75 heavy (non-hydrogen) atoms. The molecule has 6 heteroatoms. The zero-order valence-corrected chi connectivity index (χ0v) is 50.5. The quantitative estimate of drug-likeness (QED) is 0.0320. The normalized spacial score (nSPS) is 12.7. The number of carbonyl (C=O) groups excluding carboxylic acids is 2. The van der Waals surface area contributed by atoms with Crippen molar-refractivity contribution in [1.29, 1.82) is 0 Å². The Bertz CT molecular complexity index is 1210. The zero-order chi connectivity index (χ0) is 54.3. The highest BCUT2D eigenvalue weighted by molar-refractivity contribution is 5.76.